The molecule has 2 aliphatic heterocycles. The Bertz CT molecular complexity index is 642. The van der Waals surface area contributed by atoms with Gasteiger partial charge in [0.25, 0.3) is 10.2 Å². The van der Waals surface area contributed by atoms with Gasteiger partial charge in [-0.15, -0.1) is 0 Å². The molecular weight excluding hydrogens is 326 g/mol. The minimum Gasteiger partial charge on any atom is -0.497 e. The molecule has 0 spiro atoms. The maximum Gasteiger partial charge on any atom is 0.279 e. The van der Waals surface area contributed by atoms with Crippen molar-refractivity contribution in [3.05, 3.63) is 29.8 Å². The van der Waals surface area contributed by atoms with Crippen LogP contribution in [-0.4, -0.2) is 64.0 Å². The highest BCUT2D eigenvalue weighted by molar-refractivity contribution is 7.87. The molecule has 3 rings (SSSR count). The van der Waals surface area contributed by atoms with Crippen LogP contribution in [0.5, 0.6) is 5.75 Å². The van der Waals surface area contributed by atoms with E-state index in [0.29, 0.717) is 13.1 Å². The van der Waals surface area contributed by atoms with Gasteiger partial charge >= 0.3 is 0 Å². The monoisotopic (exact) mass is 353 g/mol. The molecule has 1 aromatic rings. The van der Waals surface area contributed by atoms with Gasteiger partial charge in [0, 0.05) is 38.1 Å². The summed E-state index contributed by atoms with van der Waals surface area (Å²) in [7, 11) is 0.268. The van der Waals surface area contributed by atoms with Crippen LogP contribution in [0.2, 0.25) is 0 Å². The molecule has 0 bridgehead atoms. The number of nitrogens with zero attached hydrogens (tertiary/aromatic N) is 2. The lowest BCUT2D eigenvalue weighted by molar-refractivity contribution is 0.336. The third-order valence-corrected chi connectivity index (χ3v) is 6.65. The van der Waals surface area contributed by atoms with Crippen LogP contribution in [0.25, 0.3) is 0 Å². The quantitative estimate of drug-likeness (QED) is 0.870. The number of hydrogen-bond donors (Lipinski definition) is 1. The summed E-state index contributed by atoms with van der Waals surface area (Å²) >= 11 is 0. The molecule has 0 aliphatic carbocycles. The van der Waals surface area contributed by atoms with Crippen molar-refractivity contribution in [1.29, 1.82) is 0 Å². The summed E-state index contributed by atoms with van der Waals surface area (Å²) in [5.41, 5.74) is 1.14. The first-order valence-electron chi connectivity index (χ1n) is 8.59. The van der Waals surface area contributed by atoms with E-state index >= 15 is 0 Å². The molecule has 2 saturated heterocycles. The Morgan fingerprint density at radius 2 is 1.75 bits per heavy atom. The molecular formula is C17H27N3O3S. The first-order valence-corrected chi connectivity index (χ1v) is 10.0. The Morgan fingerprint density at radius 3 is 2.38 bits per heavy atom. The number of piperidine rings is 1. The van der Waals surface area contributed by atoms with E-state index in [1.165, 1.54) is 0 Å². The van der Waals surface area contributed by atoms with Crippen LogP contribution in [0.3, 0.4) is 0 Å². The SMILES string of the molecule is COc1ccc([C@H]2CN(C)C[C@@H]2NS(=O)(=O)N2CCCCC2)cc1. The van der Waals surface area contributed by atoms with Gasteiger partial charge in [0.1, 0.15) is 5.75 Å². The lowest BCUT2D eigenvalue weighted by atomic mass is 9.95. The average Bonchev–Trinajstić information content (AvgIpc) is 2.95. The molecule has 2 heterocycles. The number of ether oxygens (including phenoxy) is 1. The van der Waals surface area contributed by atoms with E-state index in [9.17, 15) is 8.42 Å². The van der Waals surface area contributed by atoms with Crippen molar-refractivity contribution in [3.63, 3.8) is 0 Å². The predicted molar refractivity (Wildman–Crippen MR) is 94.5 cm³/mol. The summed E-state index contributed by atoms with van der Waals surface area (Å²) in [5, 5.41) is 0. The third-order valence-electron chi connectivity index (χ3n) is 5.00. The standard InChI is InChI=1S/C17H27N3O3S/c1-19-12-16(14-6-8-15(23-2)9-7-14)17(13-19)18-24(21,22)20-10-4-3-5-11-20/h6-9,16-18H,3-5,10-13H2,1-2H3/t16-,17+/m1/s1. The van der Waals surface area contributed by atoms with Gasteiger partial charge in [0.2, 0.25) is 0 Å². The Kier molecular flexibility index (Phi) is 5.44. The van der Waals surface area contributed by atoms with Gasteiger partial charge in [-0.1, -0.05) is 18.6 Å². The van der Waals surface area contributed by atoms with Crippen molar-refractivity contribution < 1.29 is 13.2 Å². The topological polar surface area (TPSA) is 61.9 Å². The minimum absolute atomic E-state index is 0.102. The Labute approximate surface area is 145 Å². The second kappa shape index (κ2) is 7.39. The molecule has 0 aromatic heterocycles. The van der Waals surface area contributed by atoms with Crippen molar-refractivity contribution in [2.24, 2.45) is 0 Å². The van der Waals surface area contributed by atoms with Crippen LogP contribution < -0.4 is 9.46 Å². The van der Waals surface area contributed by atoms with E-state index in [-0.39, 0.29) is 12.0 Å². The van der Waals surface area contributed by atoms with Gasteiger partial charge in [-0.25, -0.2) is 0 Å². The molecule has 0 unspecified atom stereocenters. The van der Waals surface area contributed by atoms with Crippen molar-refractivity contribution in [1.82, 2.24) is 13.9 Å². The summed E-state index contributed by atoms with van der Waals surface area (Å²) in [4.78, 5) is 2.18. The fourth-order valence-electron chi connectivity index (χ4n) is 3.68. The van der Waals surface area contributed by atoms with E-state index in [1.807, 2.05) is 31.3 Å². The van der Waals surface area contributed by atoms with Gasteiger partial charge in [-0.05, 0) is 37.6 Å². The van der Waals surface area contributed by atoms with Crippen molar-refractivity contribution in [2.75, 3.05) is 40.3 Å². The van der Waals surface area contributed by atoms with E-state index in [0.717, 1.165) is 43.7 Å². The molecule has 2 atom stereocenters. The molecule has 0 radical (unpaired) electrons. The fraction of sp³-hybridized carbons (Fsp3) is 0.647. The molecule has 2 fully saturated rings. The van der Waals surface area contributed by atoms with Crippen LogP contribution in [0.15, 0.2) is 24.3 Å². The van der Waals surface area contributed by atoms with Gasteiger partial charge in [-0.3, -0.25) is 0 Å². The second-order valence-corrected chi connectivity index (χ2v) is 8.49. The maximum atomic E-state index is 12.7. The summed E-state index contributed by atoms with van der Waals surface area (Å²) < 4.78 is 35.2. The largest absolute Gasteiger partial charge is 0.497 e. The highest BCUT2D eigenvalue weighted by atomic mass is 32.2. The number of methoxy groups -OCH3 is 1. The Hall–Kier alpha value is -1.15. The minimum atomic E-state index is -3.41. The first-order chi connectivity index (χ1) is 11.5. The fourth-order valence-corrected chi connectivity index (χ4v) is 5.19. The van der Waals surface area contributed by atoms with Gasteiger partial charge in [-0.2, -0.15) is 17.4 Å². The highest BCUT2D eigenvalue weighted by Gasteiger charge is 2.36. The molecule has 0 saturated carbocycles. The molecule has 1 N–H and O–H groups in total. The second-order valence-electron chi connectivity index (χ2n) is 6.79. The van der Waals surface area contributed by atoms with Crippen LogP contribution >= 0.6 is 0 Å². The molecule has 7 heteroatoms. The summed E-state index contributed by atoms with van der Waals surface area (Å²) in [6.07, 6.45) is 3.02. The normalized spacial score (nSPS) is 26.6. The number of nitrogens with one attached hydrogen (secondary N) is 1. The van der Waals surface area contributed by atoms with Crippen LogP contribution in [0, 0.1) is 0 Å². The number of likely N-dealkylation sites (N-methyl/N-ethyl adjacent to an activating group) is 1. The zero-order valence-electron chi connectivity index (χ0n) is 14.4. The lowest BCUT2D eigenvalue weighted by Gasteiger charge is -2.29. The average molecular weight is 353 g/mol. The molecule has 2 aliphatic rings. The Morgan fingerprint density at radius 1 is 1.08 bits per heavy atom. The van der Waals surface area contributed by atoms with Crippen LogP contribution in [0.4, 0.5) is 0 Å². The van der Waals surface area contributed by atoms with Crippen LogP contribution in [0.1, 0.15) is 30.7 Å². The first kappa shape index (κ1) is 17.7. The van der Waals surface area contributed by atoms with Gasteiger partial charge in [0.05, 0.1) is 7.11 Å². The lowest BCUT2D eigenvalue weighted by Crippen LogP contribution is -2.49. The van der Waals surface area contributed by atoms with Gasteiger partial charge in [0.15, 0.2) is 0 Å². The van der Waals surface area contributed by atoms with E-state index in [4.69, 9.17) is 4.74 Å². The number of benzene rings is 1. The number of likely N-dealkylation sites (tertiary alicyclic amines) is 1. The molecule has 0 amide bonds. The van der Waals surface area contributed by atoms with E-state index in [1.54, 1.807) is 11.4 Å². The zero-order chi connectivity index (χ0) is 17.2. The van der Waals surface area contributed by atoms with Crippen molar-refractivity contribution in [3.8, 4) is 5.75 Å². The highest BCUT2D eigenvalue weighted by Crippen LogP contribution is 2.29. The van der Waals surface area contributed by atoms with Gasteiger partial charge < -0.3 is 9.64 Å². The molecule has 134 valence electrons. The predicted octanol–water partition coefficient (Wildman–Crippen LogP) is 1.41. The zero-order valence-corrected chi connectivity index (χ0v) is 15.3. The smallest absolute Gasteiger partial charge is 0.279 e. The number of rotatable bonds is 5. The molecule has 6 nitrogen and oxygen atoms in total. The third kappa shape index (κ3) is 3.91. The maximum absolute atomic E-state index is 12.7. The molecule has 24 heavy (non-hydrogen) atoms. The Balaban J connectivity index is 1.74. The van der Waals surface area contributed by atoms with Crippen LogP contribution in [-0.2, 0) is 10.2 Å². The van der Waals surface area contributed by atoms with Crippen molar-refractivity contribution >= 4 is 10.2 Å². The number of hydrogen-bond acceptors (Lipinski definition) is 4. The van der Waals surface area contributed by atoms with E-state index in [2.05, 4.69) is 9.62 Å². The summed E-state index contributed by atoms with van der Waals surface area (Å²) in [5.74, 6) is 0.969. The molecule has 1 aromatic carbocycles. The van der Waals surface area contributed by atoms with E-state index < -0.39 is 10.2 Å². The van der Waals surface area contributed by atoms with Crippen molar-refractivity contribution in [2.45, 2.75) is 31.2 Å². The summed E-state index contributed by atoms with van der Waals surface area (Å²) in [6.45, 7) is 2.83. The summed E-state index contributed by atoms with van der Waals surface area (Å²) in [6, 6.07) is 7.83.